The van der Waals surface area contributed by atoms with Crippen molar-refractivity contribution < 1.29 is 4.79 Å². The van der Waals surface area contributed by atoms with Crippen LogP contribution >= 0.6 is 23.2 Å². The maximum absolute atomic E-state index is 12.7. The Hall–Kier alpha value is -1.51. The van der Waals surface area contributed by atoms with E-state index in [2.05, 4.69) is 0 Å². The lowest BCUT2D eigenvalue weighted by molar-refractivity contribution is -0.131. The minimum absolute atomic E-state index is 0.0846. The van der Waals surface area contributed by atoms with E-state index in [9.17, 15) is 4.79 Å². The predicted molar refractivity (Wildman–Crippen MR) is 90.2 cm³/mol. The Labute approximate surface area is 140 Å². The third-order valence-corrected chi connectivity index (χ3v) is 4.60. The van der Waals surface area contributed by atoms with Crippen molar-refractivity contribution >= 4 is 29.1 Å². The molecule has 0 spiro atoms. The Balaban J connectivity index is 1.76. The molecule has 0 saturated heterocycles. The van der Waals surface area contributed by atoms with Gasteiger partial charge in [-0.05, 0) is 36.1 Å². The second kappa shape index (κ2) is 6.72. The molecule has 2 aromatic rings. The second-order valence-electron chi connectivity index (χ2n) is 5.62. The molecule has 0 unspecified atom stereocenters. The summed E-state index contributed by atoms with van der Waals surface area (Å²) in [6.45, 7) is 0.645. The third kappa shape index (κ3) is 3.63. The maximum atomic E-state index is 12.7. The van der Waals surface area contributed by atoms with Crippen molar-refractivity contribution in [2.75, 3.05) is 0 Å². The molecular formula is C18H17Cl2NO. The SMILES string of the molecule is O=C(Cc1c(Cl)cccc1Cl)N(Cc1ccccc1)C1CC1. The number of rotatable bonds is 5. The zero-order valence-electron chi connectivity index (χ0n) is 12.1. The number of nitrogens with zero attached hydrogens (tertiary/aromatic N) is 1. The third-order valence-electron chi connectivity index (χ3n) is 3.89. The highest BCUT2D eigenvalue weighted by atomic mass is 35.5. The Morgan fingerprint density at radius 2 is 1.64 bits per heavy atom. The molecule has 1 saturated carbocycles. The van der Waals surface area contributed by atoms with Gasteiger partial charge in [0, 0.05) is 22.6 Å². The van der Waals surface area contributed by atoms with Crippen LogP contribution in [0.2, 0.25) is 10.0 Å². The van der Waals surface area contributed by atoms with Crippen LogP contribution < -0.4 is 0 Å². The number of hydrogen-bond donors (Lipinski definition) is 0. The smallest absolute Gasteiger partial charge is 0.227 e. The quantitative estimate of drug-likeness (QED) is 0.774. The second-order valence-corrected chi connectivity index (χ2v) is 6.43. The van der Waals surface area contributed by atoms with E-state index in [1.165, 1.54) is 0 Å². The van der Waals surface area contributed by atoms with Crippen molar-refractivity contribution in [2.24, 2.45) is 0 Å². The minimum Gasteiger partial charge on any atom is -0.335 e. The molecule has 3 rings (SSSR count). The molecule has 1 aliphatic carbocycles. The fraction of sp³-hybridized carbons (Fsp3) is 0.278. The van der Waals surface area contributed by atoms with E-state index in [0.29, 0.717) is 22.6 Å². The van der Waals surface area contributed by atoms with E-state index in [1.54, 1.807) is 18.2 Å². The van der Waals surface area contributed by atoms with Crippen LogP contribution in [0.1, 0.15) is 24.0 Å². The largest absolute Gasteiger partial charge is 0.335 e. The van der Waals surface area contributed by atoms with Crippen LogP contribution in [0.3, 0.4) is 0 Å². The molecule has 0 aromatic heterocycles. The summed E-state index contributed by atoms with van der Waals surface area (Å²) < 4.78 is 0. The van der Waals surface area contributed by atoms with Gasteiger partial charge in [-0.25, -0.2) is 0 Å². The maximum Gasteiger partial charge on any atom is 0.227 e. The molecule has 114 valence electrons. The van der Waals surface area contributed by atoms with Gasteiger partial charge in [0.1, 0.15) is 0 Å². The summed E-state index contributed by atoms with van der Waals surface area (Å²) in [6.07, 6.45) is 2.41. The normalized spacial score (nSPS) is 13.9. The van der Waals surface area contributed by atoms with Crippen LogP contribution in [0, 0.1) is 0 Å². The average Bonchev–Trinajstić information content (AvgIpc) is 3.34. The highest BCUT2D eigenvalue weighted by molar-refractivity contribution is 6.36. The molecule has 0 heterocycles. The van der Waals surface area contributed by atoms with Crippen LogP contribution in [-0.2, 0) is 17.8 Å². The van der Waals surface area contributed by atoms with E-state index in [1.807, 2.05) is 35.2 Å². The summed E-state index contributed by atoms with van der Waals surface area (Å²) in [5, 5.41) is 1.10. The number of halogens is 2. The molecule has 0 atom stereocenters. The van der Waals surface area contributed by atoms with Gasteiger partial charge in [0.05, 0.1) is 6.42 Å². The van der Waals surface area contributed by atoms with Gasteiger partial charge in [-0.3, -0.25) is 4.79 Å². The van der Waals surface area contributed by atoms with Crippen molar-refractivity contribution in [1.82, 2.24) is 4.90 Å². The molecule has 0 aliphatic heterocycles. The molecule has 0 radical (unpaired) electrons. The summed E-state index contributed by atoms with van der Waals surface area (Å²) in [5.74, 6) is 0.0846. The van der Waals surface area contributed by atoms with Gasteiger partial charge in [0.25, 0.3) is 0 Å². The number of carbonyl (C=O) groups is 1. The Bertz CT molecular complexity index is 648. The topological polar surface area (TPSA) is 20.3 Å². The first-order valence-electron chi connectivity index (χ1n) is 7.41. The number of amides is 1. The van der Waals surface area contributed by atoms with Gasteiger partial charge >= 0.3 is 0 Å². The Kier molecular flexibility index (Phi) is 4.70. The van der Waals surface area contributed by atoms with Crippen molar-refractivity contribution in [3.63, 3.8) is 0 Å². The summed E-state index contributed by atoms with van der Waals surface area (Å²) in [5.41, 5.74) is 1.86. The molecule has 1 amide bonds. The molecule has 0 bridgehead atoms. The standard InChI is InChI=1S/C18H17Cl2NO/c19-16-7-4-8-17(20)15(16)11-18(22)21(14-9-10-14)12-13-5-2-1-3-6-13/h1-8,14H,9-12H2. The molecular weight excluding hydrogens is 317 g/mol. The van der Waals surface area contributed by atoms with E-state index in [-0.39, 0.29) is 12.3 Å². The molecule has 2 nitrogen and oxygen atoms in total. The van der Waals surface area contributed by atoms with E-state index in [4.69, 9.17) is 23.2 Å². The Morgan fingerprint density at radius 3 is 2.23 bits per heavy atom. The zero-order valence-corrected chi connectivity index (χ0v) is 13.6. The zero-order chi connectivity index (χ0) is 15.5. The molecule has 22 heavy (non-hydrogen) atoms. The number of hydrogen-bond acceptors (Lipinski definition) is 1. The lowest BCUT2D eigenvalue weighted by Crippen LogP contribution is -2.33. The highest BCUT2D eigenvalue weighted by Gasteiger charge is 2.32. The number of benzene rings is 2. The fourth-order valence-corrected chi connectivity index (χ4v) is 3.07. The van der Waals surface area contributed by atoms with Gasteiger partial charge in [-0.1, -0.05) is 59.6 Å². The molecule has 0 N–H and O–H groups in total. The molecule has 4 heteroatoms. The van der Waals surface area contributed by atoms with Crippen molar-refractivity contribution in [1.29, 1.82) is 0 Å². The monoisotopic (exact) mass is 333 g/mol. The lowest BCUT2D eigenvalue weighted by atomic mass is 10.1. The predicted octanol–water partition coefficient (Wildman–Crippen LogP) is 4.73. The lowest BCUT2D eigenvalue weighted by Gasteiger charge is -2.23. The number of carbonyl (C=O) groups excluding carboxylic acids is 1. The van der Waals surface area contributed by atoms with Gasteiger partial charge in [0.15, 0.2) is 0 Å². The summed E-state index contributed by atoms with van der Waals surface area (Å²) in [7, 11) is 0. The molecule has 1 aliphatic rings. The minimum atomic E-state index is 0.0846. The van der Waals surface area contributed by atoms with E-state index in [0.717, 1.165) is 24.0 Å². The first kappa shape index (κ1) is 15.4. The summed E-state index contributed by atoms with van der Waals surface area (Å²) in [4.78, 5) is 14.7. The van der Waals surface area contributed by atoms with Crippen LogP contribution in [0.4, 0.5) is 0 Å². The van der Waals surface area contributed by atoms with E-state index >= 15 is 0 Å². The van der Waals surface area contributed by atoms with Crippen molar-refractivity contribution in [2.45, 2.75) is 31.8 Å². The fourth-order valence-electron chi connectivity index (χ4n) is 2.54. The average molecular weight is 334 g/mol. The van der Waals surface area contributed by atoms with Crippen LogP contribution in [0.5, 0.6) is 0 Å². The van der Waals surface area contributed by atoms with Gasteiger partial charge in [-0.2, -0.15) is 0 Å². The first-order chi connectivity index (χ1) is 10.6. The van der Waals surface area contributed by atoms with Crippen molar-refractivity contribution in [3.05, 3.63) is 69.7 Å². The molecule has 2 aromatic carbocycles. The van der Waals surface area contributed by atoms with Crippen molar-refractivity contribution in [3.8, 4) is 0 Å². The van der Waals surface area contributed by atoms with Crippen LogP contribution in [0.15, 0.2) is 48.5 Å². The first-order valence-corrected chi connectivity index (χ1v) is 8.17. The van der Waals surface area contributed by atoms with Gasteiger partial charge in [0.2, 0.25) is 5.91 Å². The summed E-state index contributed by atoms with van der Waals surface area (Å²) in [6, 6.07) is 15.8. The Morgan fingerprint density at radius 1 is 1.00 bits per heavy atom. The molecule has 1 fully saturated rings. The van der Waals surface area contributed by atoms with Crippen LogP contribution in [-0.4, -0.2) is 16.8 Å². The van der Waals surface area contributed by atoms with Crippen LogP contribution in [0.25, 0.3) is 0 Å². The van der Waals surface area contributed by atoms with Gasteiger partial charge in [-0.15, -0.1) is 0 Å². The van der Waals surface area contributed by atoms with E-state index < -0.39 is 0 Å². The summed E-state index contributed by atoms with van der Waals surface area (Å²) >= 11 is 12.4. The van der Waals surface area contributed by atoms with Gasteiger partial charge < -0.3 is 4.90 Å². The highest BCUT2D eigenvalue weighted by Crippen LogP contribution is 2.31.